The standard InChI is InChI=1S/C36H42N2O4/c1-3-5-8-26-36-15-11-22(23(31(36)34(40)41-26)17-20-12-16-38-27(37)18-20)24-19-21-9-10-25(35(4-2)13-6-7-14-35)32-28(21)29(30(24)36)33(39)42-32/h8,12,16,18,21-22,24,30H,3-7,9-11,13-15,17,19H2,1-2H3,(H2,37,38). The van der Waals surface area contributed by atoms with Crippen LogP contribution in [0.25, 0.3) is 0 Å². The first kappa shape index (κ1) is 26.5. The summed E-state index contributed by atoms with van der Waals surface area (Å²) in [4.78, 5) is 32.2. The zero-order valence-electron chi connectivity index (χ0n) is 25.0. The minimum atomic E-state index is -0.589. The molecule has 2 bridgehead atoms. The molecule has 6 nitrogen and oxygen atoms in total. The molecule has 0 amide bonds. The number of pyridine rings is 1. The average Bonchev–Trinajstić information content (AvgIpc) is 3.69. The number of ether oxygens (including phenoxy) is 2. The number of hydrogen-bond acceptors (Lipinski definition) is 6. The Hall–Kier alpha value is -3.15. The van der Waals surface area contributed by atoms with Crippen LogP contribution in [0.1, 0.15) is 96.5 Å². The van der Waals surface area contributed by atoms with E-state index in [1.807, 2.05) is 12.1 Å². The van der Waals surface area contributed by atoms with Crippen molar-refractivity contribution >= 4 is 17.8 Å². The zero-order chi connectivity index (χ0) is 28.8. The Bertz CT molecular complexity index is 1520. The number of allylic oxidation sites excluding steroid dienone is 5. The van der Waals surface area contributed by atoms with Gasteiger partial charge in [-0.2, -0.15) is 0 Å². The van der Waals surface area contributed by atoms with Gasteiger partial charge in [-0.3, -0.25) is 0 Å². The summed E-state index contributed by atoms with van der Waals surface area (Å²) < 4.78 is 12.6. The van der Waals surface area contributed by atoms with Gasteiger partial charge < -0.3 is 15.2 Å². The maximum absolute atomic E-state index is 14.1. The summed E-state index contributed by atoms with van der Waals surface area (Å²) in [6, 6.07) is 3.93. The highest BCUT2D eigenvalue weighted by Gasteiger charge is 2.69. The van der Waals surface area contributed by atoms with Crippen molar-refractivity contribution in [2.75, 3.05) is 5.73 Å². The number of hydrogen-bond donors (Lipinski definition) is 1. The summed E-state index contributed by atoms with van der Waals surface area (Å²) >= 11 is 0. The van der Waals surface area contributed by atoms with Gasteiger partial charge in [0.2, 0.25) is 0 Å². The lowest BCUT2D eigenvalue weighted by Crippen LogP contribution is -2.53. The molecule has 42 heavy (non-hydrogen) atoms. The molecule has 9 rings (SSSR count). The van der Waals surface area contributed by atoms with Crippen molar-refractivity contribution in [3.8, 4) is 0 Å². The lowest BCUT2D eigenvalue weighted by Gasteiger charge is -2.57. The van der Waals surface area contributed by atoms with Crippen LogP contribution in [0.15, 0.2) is 63.8 Å². The average molecular weight is 567 g/mol. The topological polar surface area (TPSA) is 91.5 Å². The number of nitrogens with two attached hydrogens (primary N) is 1. The number of carbonyl (C=O) groups is 2. The van der Waals surface area contributed by atoms with E-state index in [-0.39, 0.29) is 29.2 Å². The van der Waals surface area contributed by atoms with E-state index >= 15 is 0 Å². The molecule has 2 N–H and O–H groups in total. The maximum Gasteiger partial charge on any atom is 0.340 e. The van der Waals surface area contributed by atoms with Gasteiger partial charge >= 0.3 is 11.9 Å². The molecule has 3 fully saturated rings. The highest BCUT2D eigenvalue weighted by Crippen LogP contribution is 2.72. The first-order chi connectivity index (χ1) is 20.4. The third kappa shape index (κ3) is 3.41. The molecule has 6 aliphatic carbocycles. The number of nitrogen functional groups attached to an aromatic ring is 1. The second-order valence-electron chi connectivity index (χ2n) is 14.0. The summed E-state index contributed by atoms with van der Waals surface area (Å²) in [7, 11) is 0. The van der Waals surface area contributed by atoms with Crippen LogP contribution in [0.5, 0.6) is 0 Å². The van der Waals surface area contributed by atoms with Crippen LogP contribution in [-0.4, -0.2) is 16.9 Å². The minimum absolute atomic E-state index is 0.0659. The first-order valence-electron chi connectivity index (χ1n) is 16.5. The smallest absolute Gasteiger partial charge is 0.340 e. The Morgan fingerprint density at radius 2 is 1.90 bits per heavy atom. The Labute approximate surface area is 248 Å². The number of carbonyl (C=O) groups excluding carboxylic acids is 2. The molecule has 6 heteroatoms. The number of anilines is 1. The second-order valence-corrected chi connectivity index (χ2v) is 14.0. The molecule has 1 saturated heterocycles. The van der Waals surface area contributed by atoms with Gasteiger partial charge in [-0.25, -0.2) is 14.6 Å². The molecule has 1 spiro atoms. The Morgan fingerprint density at radius 1 is 1.07 bits per heavy atom. The van der Waals surface area contributed by atoms with Crippen molar-refractivity contribution in [3.05, 3.63) is 69.4 Å². The molecule has 220 valence electrons. The molecule has 5 atom stereocenters. The Morgan fingerprint density at radius 3 is 2.67 bits per heavy atom. The third-order valence-corrected chi connectivity index (χ3v) is 12.4. The van der Waals surface area contributed by atoms with Crippen LogP contribution in [0.4, 0.5) is 5.82 Å². The van der Waals surface area contributed by atoms with Gasteiger partial charge in [0, 0.05) is 23.3 Å². The van der Waals surface area contributed by atoms with Crippen LogP contribution < -0.4 is 5.73 Å². The first-order valence-corrected chi connectivity index (χ1v) is 16.5. The third-order valence-electron chi connectivity index (χ3n) is 12.4. The number of aromatic nitrogens is 1. The SMILES string of the molecule is CCCC=C1OC(=O)C2=C(Cc3ccnc(N)c3)C3CCC12C1C2=C4C(=C(C5(CC)CCCC5)CCC4CC31)OC2=O. The van der Waals surface area contributed by atoms with Crippen molar-refractivity contribution in [2.45, 2.75) is 97.3 Å². The monoisotopic (exact) mass is 566 g/mol. The van der Waals surface area contributed by atoms with Crippen LogP contribution in [0.2, 0.25) is 0 Å². The van der Waals surface area contributed by atoms with Gasteiger partial charge in [0.1, 0.15) is 17.3 Å². The normalized spacial score (nSPS) is 35.0. The molecule has 1 aromatic rings. The summed E-state index contributed by atoms with van der Waals surface area (Å²) in [6.07, 6.45) is 17.5. The Balaban J connectivity index is 1.33. The summed E-state index contributed by atoms with van der Waals surface area (Å²) in [6.45, 7) is 4.47. The number of unbranched alkanes of at least 4 members (excludes halogenated alkanes) is 1. The van der Waals surface area contributed by atoms with Gasteiger partial charge in [-0.1, -0.05) is 38.7 Å². The van der Waals surface area contributed by atoms with Crippen LogP contribution in [0.3, 0.4) is 0 Å². The molecule has 1 aromatic heterocycles. The van der Waals surface area contributed by atoms with Crippen molar-refractivity contribution < 1.29 is 19.1 Å². The van der Waals surface area contributed by atoms with E-state index in [0.29, 0.717) is 24.1 Å². The zero-order valence-corrected chi connectivity index (χ0v) is 25.0. The van der Waals surface area contributed by atoms with Crippen LogP contribution >= 0.6 is 0 Å². The molecule has 0 radical (unpaired) electrons. The van der Waals surface area contributed by atoms with Crippen molar-refractivity contribution in [1.82, 2.24) is 4.98 Å². The number of esters is 2. The van der Waals surface area contributed by atoms with Crippen LogP contribution in [-0.2, 0) is 25.5 Å². The highest BCUT2D eigenvalue weighted by molar-refractivity contribution is 6.00. The minimum Gasteiger partial charge on any atom is -0.427 e. The quantitative estimate of drug-likeness (QED) is 0.364. The van der Waals surface area contributed by atoms with E-state index in [9.17, 15) is 9.59 Å². The van der Waals surface area contributed by atoms with Gasteiger partial charge in [0.15, 0.2) is 0 Å². The fourth-order valence-corrected chi connectivity index (χ4v) is 10.7. The molecule has 3 heterocycles. The fraction of sp³-hybridized carbons (Fsp3) is 0.583. The molecule has 2 aliphatic heterocycles. The number of rotatable bonds is 6. The van der Waals surface area contributed by atoms with E-state index in [1.54, 1.807) is 6.20 Å². The molecule has 5 unspecified atom stereocenters. The van der Waals surface area contributed by atoms with E-state index < -0.39 is 5.41 Å². The second kappa shape index (κ2) is 9.42. The highest BCUT2D eigenvalue weighted by atomic mass is 16.6. The van der Waals surface area contributed by atoms with Crippen LogP contribution in [0, 0.1) is 34.5 Å². The van der Waals surface area contributed by atoms with Gasteiger partial charge in [0.05, 0.1) is 11.0 Å². The summed E-state index contributed by atoms with van der Waals surface area (Å²) in [5.41, 5.74) is 12.3. The van der Waals surface area contributed by atoms with E-state index in [4.69, 9.17) is 15.2 Å². The maximum atomic E-state index is 14.1. The number of fused-ring (bicyclic) bond motifs is 1. The molecular formula is C36H42N2O4. The van der Waals surface area contributed by atoms with Crippen molar-refractivity contribution in [3.63, 3.8) is 0 Å². The summed E-state index contributed by atoms with van der Waals surface area (Å²) in [5, 5.41) is 0. The van der Waals surface area contributed by atoms with E-state index in [1.165, 1.54) is 42.4 Å². The van der Waals surface area contributed by atoms with Gasteiger partial charge in [-0.05, 0) is 117 Å². The fourth-order valence-electron chi connectivity index (χ4n) is 10.7. The van der Waals surface area contributed by atoms with Gasteiger partial charge in [-0.15, -0.1) is 0 Å². The van der Waals surface area contributed by atoms with Crippen molar-refractivity contribution in [1.29, 1.82) is 0 Å². The molecule has 0 aromatic carbocycles. The van der Waals surface area contributed by atoms with E-state index in [0.717, 1.165) is 79.6 Å². The lowest BCUT2D eigenvalue weighted by atomic mass is 9.43. The summed E-state index contributed by atoms with van der Waals surface area (Å²) in [5.74, 6) is 2.67. The number of cyclic esters (lactones) is 1. The largest absolute Gasteiger partial charge is 0.427 e. The number of nitrogens with zero attached hydrogens (tertiary/aromatic N) is 1. The van der Waals surface area contributed by atoms with E-state index in [2.05, 4.69) is 24.9 Å². The Kier molecular flexibility index (Phi) is 5.94. The molecular weight excluding hydrogens is 524 g/mol. The molecule has 2 saturated carbocycles. The van der Waals surface area contributed by atoms with Gasteiger partial charge in [0.25, 0.3) is 0 Å². The van der Waals surface area contributed by atoms with Crippen molar-refractivity contribution in [2.24, 2.45) is 34.5 Å². The molecule has 8 aliphatic rings. The predicted molar refractivity (Wildman–Crippen MR) is 159 cm³/mol. The lowest BCUT2D eigenvalue weighted by molar-refractivity contribution is -0.135. The predicted octanol–water partition coefficient (Wildman–Crippen LogP) is 7.28.